The summed E-state index contributed by atoms with van der Waals surface area (Å²) in [4.78, 5) is 11.4. The predicted molar refractivity (Wildman–Crippen MR) is 78.9 cm³/mol. The number of carbonyl (C=O) groups excluding carboxylic acids is 1. The molecule has 1 aliphatic carbocycles. The molecule has 4 nitrogen and oxygen atoms in total. The van der Waals surface area contributed by atoms with Crippen molar-refractivity contribution < 1.29 is 14.3 Å². The molecule has 0 atom stereocenters. The Hall–Kier alpha value is -2.02. The third-order valence-corrected chi connectivity index (χ3v) is 3.87. The van der Waals surface area contributed by atoms with Gasteiger partial charge in [0.1, 0.15) is 6.10 Å². The Morgan fingerprint density at radius 2 is 1.90 bits per heavy atom. The SMILES string of the molecule is CCCOC(=O)OC1CCC(c2ccc(C#N)cc2)CC1. The van der Waals surface area contributed by atoms with E-state index >= 15 is 0 Å². The van der Waals surface area contributed by atoms with Gasteiger partial charge in [0, 0.05) is 0 Å². The Balaban J connectivity index is 1.80. The summed E-state index contributed by atoms with van der Waals surface area (Å²) in [5, 5.41) is 8.81. The van der Waals surface area contributed by atoms with Crippen LogP contribution in [-0.4, -0.2) is 18.9 Å². The highest BCUT2D eigenvalue weighted by atomic mass is 16.7. The third-order valence-electron chi connectivity index (χ3n) is 3.87. The molecule has 1 aromatic rings. The fraction of sp³-hybridized carbons (Fsp3) is 0.529. The van der Waals surface area contributed by atoms with Gasteiger partial charge in [-0.25, -0.2) is 4.79 Å². The Morgan fingerprint density at radius 3 is 2.48 bits per heavy atom. The normalized spacial score (nSPS) is 21.3. The van der Waals surface area contributed by atoms with Crippen LogP contribution < -0.4 is 0 Å². The number of hydrogen-bond donors (Lipinski definition) is 0. The van der Waals surface area contributed by atoms with Crippen LogP contribution in [0.15, 0.2) is 24.3 Å². The molecule has 21 heavy (non-hydrogen) atoms. The summed E-state index contributed by atoms with van der Waals surface area (Å²) in [6.07, 6.45) is 3.97. The molecule has 1 fully saturated rings. The van der Waals surface area contributed by atoms with Gasteiger partial charge in [0.15, 0.2) is 0 Å². The number of ether oxygens (including phenoxy) is 2. The highest BCUT2D eigenvalue weighted by Crippen LogP contribution is 2.34. The van der Waals surface area contributed by atoms with Gasteiger partial charge in [0.25, 0.3) is 0 Å². The molecule has 0 amide bonds. The molecule has 0 saturated heterocycles. The predicted octanol–water partition coefficient (Wildman–Crippen LogP) is 4.15. The molecule has 4 heteroatoms. The summed E-state index contributed by atoms with van der Waals surface area (Å²) >= 11 is 0. The summed E-state index contributed by atoms with van der Waals surface area (Å²) in [5.74, 6) is 0.490. The highest BCUT2D eigenvalue weighted by molar-refractivity contribution is 5.60. The lowest BCUT2D eigenvalue weighted by Gasteiger charge is -2.28. The number of hydrogen-bond acceptors (Lipinski definition) is 4. The van der Waals surface area contributed by atoms with E-state index < -0.39 is 6.16 Å². The third kappa shape index (κ3) is 4.49. The highest BCUT2D eigenvalue weighted by Gasteiger charge is 2.25. The molecule has 0 spiro atoms. The summed E-state index contributed by atoms with van der Waals surface area (Å²) in [6.45, 7) is 2.37. The Bertz CT molecular complexity index is 496. The zero-order valence-electron chi connectivity index (χ0n) is 12.4. The van der Waals surface area contributed by atoms with Gasteiger partial charge in [0.05, 0.1) is 18.2 Å². The second-order valence-electron chi connectivity index (χ2n) is 5.42. The van der Waals surface area contributed by atoms with Crippen molar-refractivity contribution in [2.45, 2.75) is 51.0 Å². The molecule has 0 heterocycles. The average molecular weight is 287 g/mol. The minimum Gasteiger partial charge on any atom is -0.434 e. The van der Waals surface area contributed by atoms with Crippen molar-refractivity contribution in [3.63, 3.8) is 0 Å². The van der Waals surface area contributed by atoms with Gasteiger partial charge in [-0.05, 0) is 55.7 Å². The molecule has 0 bridgehead atoms. The smallest absolute Gasteiger partial charge is 0.434 e. The van der Waals surface area contributed by atoms with E-state index in [9.17, 15) is 4.79 Å². The summed E-state index contributed by atoms with van der Waals surface area (Å²) in [7, 11) is 0. The molecule has 0 aliphatic heterocycles. The second-order valence-corrected chi connectivity index (χ2v) is 5.42. The summed E-state index contributed by atoms with van der Waals surface area (Å²) < 4.78 is 10.2. The van der Waals surface area contributed by atoms with Gasteiger partial charge < -0.3 is 9.47 Å². The van der Waals surface area contributed by atoms with Gasteiger partial charge >= 0.3 is 6.16 Å². The van der Waals surface area contributed by atoms with Crippen molar-refractivity contribution >= 4 is 6.16 Å². The summed E-state index contributed by atoms with van der Waals surface area (Å²) in [5.41, 5.74) is 1.95. The Kier molecular flexibility index (Phi) is 5.62. The maximum Gasteiger partial charge on any atom is 0.508 e. The maximum absolute atomic E-state index is 11.4. The van der Waals surface area contributed by atoms with Crippen LogP contribution in [0, 0.1) is 11.3 Å². The van der Waals surface area contributed by atoms with Gasteiger partial charge in [-0.3, -0.25) is 0 Å². The number of nitrogens with zero attached hydrogens (tertiary/aromatic N) is 1. The minimum atomic E-state index is -0.543. The molecule has 112 valence electrons. The summed E-state index contributed by atoms with van der Waals surface area (Å²) in [6, 6.07) is 9.91. The van der Waals surface area contributed by atoms with Crippen molar-refractivity contribution in [1.82, 2.24) is 0 Å². The first-order valence-electron chi connectivity index (χ1n) is 7.56. The van der Waals surface area contributed by atoms with Crippen LogP contribution in [0.3, 0.4) is 0 Å². The zero-order chi connectivity index (χ0) is 15.1. The monoisotopic (exact) mass is 287 g/mol. The topological polar surface area (TPSA) is 59.3 Å². The van der Waals surface area contributed by atoms with Crippen molar-refractivity contribution in [2.75, 3.05) is 6.61 Å². The lowest BCUT2D eigenvalue weighted by atomic mass is 9.82. The lowest BCUT2D eigenvalue weighted by Crippen LogP contribution is -2.24. The average Bonchev–Trinajstić information content (AvgIpc) is 2.54. The Morgan fingerprint density at radius 1 is 1.24 bits per heavy atom. The molecule has 0 aromatic heterocycles. The molecule has 0 unspecified atom stereocenters. The van der Waals surface area contributed by atoms with Crippen molar-refractivity contribution in [3.8, 4) is 6.07 Å². The van der Waals surface area contributed by atoms with E-state index in [4.69, 9.17) is 14.7 Å². The van der Waals surface area contributed by atoms with E-state index in [2.05, 4.69) is 6.07 Å². The molecule has 2 rings (SSSR count). The van der Waals surface area contributed by atoms with Crippen LogP contribution in [0.25, 0.3) is 0 Å². The fourth-order valence-electron chi connectivity index (χ4n) is 2.70. The van der Waals surface area contributed by atoms with Crippen LogP contribution >= 0.6 is 0 Å². The first-order valence-corrected chi connectivity index (χ1v) is 7.56. The van der Waals surface area contributed by atoms with Crippen LogP contribution in [-0.2, 0) is 9.47 Å². The standard InChI is InChI=1S/C17H21NO3/c1-2-11-20-17(19)21-16-9-7-15(8-10-16)14-5-3-13(12-18)4-6-14/h3-6,15-16H,2,7-11H2,1H3. The van der Waals surface area contributed by atoms with Crippen LogP contribution in [0.1, 0.15) is 56.1 Å². The minimum absolute atomic E-state index is 0.0241. The maximum atomic E-state index is 11.4. The molecule has 1 saturated carbocycles. The van der Waals surface area contributed by atoms with Gasteiger partial charge in [-0.15, -0.1) is 0 Å². The van der Waals surface area contributed by atoms with E-state index in [1.807, 2.05) is 31.2 Å². The number of nitriles is 1. The first-order chi connectivity index (χ1) is 10.2. The quantitative estimate of drug-likeness (QED) is 0.781. The van der Waals surface area contributed by atoms with Gasteiger partial charge in [-0.1, -0.05) is 19.1 Å². The van der Waals surface area contributed by atoms with Crippen LogP contribution in [0.2, 0.25) is 0 Å². The molecule has 0 N–H and O–H groups in total. The molecular weight excluding hydrogens is 266 g/mol. The van der Waals surface area contributed by atoms with E-state index in [1.165, 1.54) is 5.56 Å². The molecule has 1 aliphatic rings. The van der Waals surface area contributed by atoms with Crippen LogP contribution in [0.4, 0.5) is 4.79 Å². The van der Waals surface area contributed by atoms with Crippen molar-refractivity contribution in [2.24, 2.45) is 0 Å². The largest absolute Gasteiger partial charge is 0.508 e. The number of rotatable bonds is 4. The molecular formula is C17H21NO3. The van der Waals surface area contributed by atoms with E-state index in [1.54, 1.807) is 0 Å². The van der Waals surface area contributed by atoms with E-state index in [0.29, 0.717) is 18.1 Å². The van der Waals surface area contributed by atoms with E-state index in [0.717, 1.165) is 32.1 Å². The Labute approximate surface area is 125 Å². The fourth-order valence-corrected chi connectivity index (χ4v) is 2.70. The number of benzene rings is 1. The van der Waals surface area contributed by atoms with Crippen molar-refractivity contribution in [3.05, 3.63) is 35.4 Å². The number of carbonyl (C=O) groups is 1. The van der Waals surface area contributed by atoms with Gasteiger partial charge in [0.2, 0.25) is 0 Å². The first kappa shape index (κ1) is 15.4. The molecule has 0 radical (unpaired) electrons. The molecule has 1 aromatic carbocycles. The van der Waals surface area contributed by atoms with E-state index in [-0.39, 0.29) is 6.10 Å². The van der Waals surface area contributed by atoms with Crippen LogP contribution in [0.5, 0.6) is 0 Å². The van der Waals surface area contributed by atoms with Crippen molar-refractivity contribution in [1.29, 1.82) is 5.26 Å². The second kappa shape index (κ2) is 7.68. The lowest BCUT2D eigenvalue weighted by molar-refractivity contribution is 0.00939. The van der Waals surface area contributed by atoms with Gasteiger partial charge in [-0.2, -0.15) is 5.26 Å². The zero-order valence-corrected chi connectivity index (χ0v) is 12.4.